The highest BCUT2D eigenvalue weighted by Crippen LogP contribution is 2.37. The highest BCUT2D eigenvalue weighted by atomic mass is 16.5. The first-order chi connectivity index (χ1) is 15.7. The molecule has 0 unspecified atom stereocenters. The van der Waals surface area contributed by atoms with E-state index in [0.29, 0.717) is 25.4 Å². The average Bonchev–Trinajstić information content (AvgIpc) is 3.32. The number of aromatic nitrogens is 2. The highest BCUT2D eigenvalue weighted by Gasteiger charge is 2.36. The molecule has 0 spiro atoms. The third-order valence-electron chi connectivity index (χ3n) is 7.13. The number of aryl methyl sites for hydroxylation is 1. The third-order valence-corrected chi connectivity index (χ3v) is 7.13. The maximum Gasteiger partial charge on any atom is 0.228 e. The van der Waals surface area contributed by atoms with Crippen molar-refractivity contribution in [2.24, 2.45) is 0 Å². The molecule has 32 heavy (non-hydrogen) atoms. The van der Waals surface area contributed by atoms with E-state index in [-0.39, 0.29) is 11.9 Å². The van der Waals surface area contributed by atoms with E-state index in [1.807, 2.05) is 29.2 Å². The molecule has 0 radical (unpaired) electrons. The monoisotopic (exact) mass is 436 g/mol. The van der Waals surface area contributed by atoms with Crippen molar-refractivity contribution in [1.29, 1.82) is 0 Å². The molecule has 3 aliphatic heterocycles. The van der Waals surface area contributed by atoms with Crippen molar-refractivity contribution in [3.8, 4) is 5.75 Å². The number of likely N-dealkylation sites (tertiary alicyclic amines) is 1. The van der Waals surface area contributed by atoms with E-state index in [0.717, 1.165) is 79.7 Å². The SMILES string of the molecule is COc1ccccc1CN1C(=O)CCc2c(C)nc([C@@H]3CCCN3C3CCOCC3)nc21. The smallest absolute Gasteiger partial charge is 0.228 e. The van der Waals surface area contributed by atoms with Gasteiger partial charge >= 0.3 is 0 Å². The molecular weight excluding hydrogens is 404 g/mol. The Balaban J connectivity index is 1.49. The topological polar surface area (TPSA) is 67.8 Å². The Labute approximate surface area is 189 Å². The van der Waals surface area contributed by atoms with Crippen molar-refractivity contribution in [1.82, 2.24) is 14.9 Å². The standard InChI is InChI=1S/C25H32N4O3/c1-17-20-9-10-23(30)29(16-18-6-3-4-8-22(18)31-2)25(20)27-24(26-17)21-7-5-13-28(21)19-11-14-32-15-12-19/h3-4,6,8,19,21H,5,7,9-16H2,1-2H3/t21-/m0/s1. The molecule has 2 fully saturated rings. The summed E-state index contributed by atoms with van der Waals surface area (Å²) in [4.78, 5) is 27.5. The molecule has 1 atom stereocenters. The minimum atomic E-state index is 0.111. The number of methoxy groups -OCH3 is 1. The van der Waals surface area contributed by atoms with Gasteiger partial charge in [0.15, 0.2) is 0 Å². The lowest BCUT2D eigenvalue weighted by Gasteiger charge is -2.36. The first-order valence-electron chi connectivity index (χ1n) is 11.8. The van der Waals surface area contributed by atoms with Crippen LogP contribution < -0.4 is 9.64 Å². The molecule has 0 N–H and O–H groups in total. The molecule has 4 heterocycles. The largest absolute Gasteiger partial charge is 0.496 e. The molecule has 0 aliphatic carbocycles. The molecule has 5 rings (SSSR count). The van der Waals surface area contributed by atoms with Gasteiger partial charge in [0.25, 0.3) is 0 Å². The summed E-state index contributed by atoms with van der Waals surface area (Å²) in [6, 6.07) is 8.62. The molecule has 2 aromatic rings. The Morgan fingerprint density at radius 1 is 1.12 bits per heavy atom. The molecule has 2 saturated heterocycles. The number of ether oxygens (including phenoxy) is 2. The zero-order chi connectivity index (χ0) is 22.1. The van der Waals surface area contributed by atoms with Gasteiger partial charge < -0.3 is 9.47 Å². The Morgan fingerprint density at radius 2 is 1.94 bits per heavy atom. The van der Waals surface area contributed by atoms with Gasteiger partial charge in [-0.15, -0.1) is 0 Å². The number of nitrogens with zero attached hydrogens (tertiary/aromatic N) is 4. The Hall–Kier alpha value is -2.51. The minimum absolute atomic E-state index is 0.111. The molecule has 170 valence electrons. The predicted octanol–water partition coefficient (Wildman–Crippen LogP) is 3.59. The van der Waals surface area contributed by atoms with Gasteiger partial charge in [-0.25, -0.2) is 9.97 Å². The van der Waals surface area contributed by atoms with E-state index in [9.17, 15) is 4.79 Å². The van der Waals surface area contributed by atoms with Crippen LogP contribution in [0.5, 0.6) is 5.75 Å². The van der Waals surface area contributed by atoms with Crippen molar-refractivity contribution < 1.29 is 14.3 Å². The van der Waals surface area contributed by atoms with E-state index < -0.39 is 0 Å². The lowest BCUT2D eigenvalue weighted by atomic mass is 10.0. The number of benzene rings is 1. The predicted molar refractivity (Wildman–Crippen MR) is 122 cm³/mol. The van der Waals surface area contributed by atoms with Gasteiger partial charge in [-0.3, -0.25) is 14.6 Å². The van der Waals surface area contributed by atoms with Crippen molar-refractivity contribution >= 4 is 11.7 Å². The number of hydrogen-bond acceptors (Lipinski definition) is 6. The van der Waals surface area contributed by atoms with E-state index in [2.05, 4.69) is 11.8 Å². The number of anilines is 1. The maximum absolute atomic E-state index is 13.0. The van der Waals surface area contributed by atoms with Crippen LogP contribution in [0, 0.1) is 6.92 Å². The van der Waals surface area contributed by atoms with Crippen LogP contribution in [0.2, 0.25) is 0 Å². The Bertz CT molecular complexity index is 989. The number of hydrogen-bond donors (Lipinski definition) is 0. The van der Waals surface area contributed by atoms with Gasteiger partial charge in [-0.05, 0) is 51.6 Å². The number of para-hydroxylation sites is 1. The number of amides is 1. The van der Waals surface area contributed by atoms with Gasteiger partial charge in [0.05, 0.1) is 19.7 Å². The van der Waals surface area contributed by atoms with Crippen molar-refractivity contribution in [3.63, 3.8) is 0 Å². The minimum Gasteiger partial charge on any atom is -0.496 e. The second kappa shape index (κ2) is 9.16. The number of rotatable bonds is 5. The molecule has 1 aromatic heterocycles. The van der Waals surface area contributed by atoms with Crippen molar-refractivity contribution in [2.45, 2.75) is 64.1 Å². The first-order valence-corrected chi connectivity index (χ1v) is 11.8. The lowest BCUT2D eigenvalue weighted by molar-refractivity contribution is -0.119. The normalized spacial score (nSPS) is 22.2. The summed E-state index contributed by atoms with van der Waals surface area (Å²) in [6.07, 6.45) is 5.56. The Morgan fingerprint density at radius 3 is 2.75 bits per heavy atom. The quantitative estimate of drug-likeness (QED) is 0.714. The summed E-state index contributed by atoms with van der Waals surface area (Å²) in [5.41, 5.74) is 3.08. The summed E-state index contributed by atoms with van der Waals surface area (Å²) in [5, 5.41) is 0. The van der Waals surface area contributed by atoms with E-state index in [1.54, 1.807) is 7.11 Å². The number of carbonyl (C=O) groups is 1. The summed E-state index contributed by atoms with van der Waals surface area (Å²) >= 11 is 0. The second-order valence-electron chi connectivity index (χ2n) is 9.00. The van der Waals surface area contributed by atoms with Crippen LogP contribution in [0.25, 0.3) is 0 Å². The van der Waals surface area contributed by atoms with Gasteiger partial charge in [-0.2, -0.15) is 0 Å². The summed E-state index contributed by atoms with van der Waals surface area (Å²) in [7, 11) is 1.67. The summed E-state index contributed by atoms with van der Waals surface area (Å²) in [6.45, 7) is 5.27. The fraction of sp³-hybridized carbons (Fsp3) is 0.560. The zero-order valence-corrected chi connectivity index (χ0v) is 19.0. The molecule has 3 aliphatic rings. The van der Waals surface area contributed by atoms with Crippen LogP contribution in [0.3, 0.4) is 0 Å². The third kappa shape index (κ3) is 3.99. The van der Waals surface area contributed by atoms with E-state index >= 15 is 0 Å². The summed E-state index contributed by atoms with van der Waals surface area (Å²) in [5.74, 6) is 2.55. The maximum atomic E-state index is 13.0. The van der Waals surface area contributed by atoms with Crippen LogP contribution in [-0.4, -0.2) is 53.7 Å². The van der Waals surface area contributed by atoms with Crippen molar-refractivity contribution in [3.05, 3.63) is 46.9 Å². The van der Waals surface area contributed by atoms with Crippen LogP contribution >= 0.6 is 0 Å². The van der Waals surface area contributed by atoms with Crippen LogP contribution in [0.1, 0.15) is 60.8 Å². The molecular formula is C25H32N4O3. The van der Waals surface area contributed by atoms with Gasteiger partial charge in [0, 0.05) is 42.5 Å². The first kappa shape index (κ1) is 21.3. The molecule has 1 aromatic carbocycles. The van der Waals surface area contributed by atoms with Gasteiger partial charge in [0.2, 0.25) is 5.91 Å². The molecule has 7 heteroatoms. The van der Waals surface area contributed by atoms with Gasteiger partial charge in [0.1, 0.15) is 17.4 Å². The highest BCUT2D eigenvalue weighted by molar-refractivity contribution is 5.95. The molecule has 0 bridgehead atoms. The second-order valence-corrected chi connectivity index (χ2v) is 9.00. The van der Waals surface area contributed by atoms with Crippen LogP contribution in [-0.2, 0) is 22.5 Å². The fourth-order valence-electron chi connectivity index (χ4n) is 5.44. The molecule has 0 saturated carbocycles. The number of fused-ring (bicyclic) bond motifs is 1. The molecule has 1 amide bonds. The average molecular weight is 437 g/mol. The zero-order valence-electron chi connectivity index (χ0n) is 19.0. The Kier molecular flexibility index (Phi) is 6.11. The van der Waals surface area contributed by atoms with Crippen molar-refractivity contribution in [2.75, 3.05) is 31.8 Å². The van der Waals surface area contributed by atoms with Crippen LogP contribution in [0.15, 0.2) is 24.3 Å². The lowest BCUT2D eigenvalue weighted by Crippen LogP contribution is -2.40. The number of carbonyl (C=O) groups excluding carboxylic acids is 1. The molecule has 7 nitrogen and oxygen atoms in total. The fourth-order valence-corrected chi connectivity index (χ4v) is 5.44. The van der Waals surface area contributed by atoms with E-state index in [1.165, 1.54) is 0 Å². The van der Waals surface area contributed by atoms with Crippen LogP contribution in [0.4, 0.5) is 5.82 Å². The van der Waals surface area contributed by atoms with E-state index in [4.69, 9.17) is 19.4 Å². The summed E-state index contributed by atoms with van der Waals surface area (Å²) < 4.78 is 11.1. The van der Waals surface area contributed by atoms with Gasteiger partial charge in [-0.1, -0.05) is 18.2 Å².